The standard InChI is InChI=1S/C21H21N3O3S/c1-2-27-17-10-5-3-8-15(17)20(26)24(14-23-13-7-12-19(23)25)21-22-16-9-4-6-11-18(16)28-21/h3-6,8-11H,2,7,12-14H2,1H3. The molecule has 1 aromatic heterocycles. The quantitative estimate of drug-likeness (QED) is 0.635. The van der Waals surface area contributed by atoms with Crippen LogP contribution in [0.1, 0.15) is 30.1 Å². The highest BCUT2D eigenvalue weighted by Crippen LogP contribution is 2.31. The van der Waals surface area contributed by atoms with Crippen molar-refractivity contribution in [2.45, 2.75) is 19.8 Å². The molecule has 1 aliphatic heterocycles. The van der Waals surface area contributed by atoms with Crippen LogP contribution in [0, 0.1) is 0 Å². The summed E-state index contributed by atoms with van der Waals surface area (Å²) in [5.41, 5.74) is 1.31. The summed E-state index contributed by atoms with van der Waals surface area (Å²) in [6.07, 6.45) is 1.34. The molecule has 3 aromatic rings. The molecule has 144 valence electrons. The van der Waals surface area contributed by atoms with Crippen molar-refractivity contribution < 1.29 is 14.3 Å². The summed E-state index contributed by atoms with van der Waals surface area (Å²) in [5, 5.41) is 0.581. The van der Waals surface area contributed by atoms with Gasteiger partial charge in [0.15, 0.2) is 5.13 Å². The van der Waals surface area contributed by atoms with Gasteiger partial charge in [0, 0.05) is 13.0 Å². The molecule has 1 saturated heterocycles. The van der Waals surface area contributed by atoms with E-state index in [-0.39, 0.29) is 18.5 Å². The van der Waals surface area contributed by atoms with Gasteiger partial charge < -0.3 is 9.64 Å². The third kappa shape index (κ3) is 3.57. The van der Waals surface area contributed by atoms with Crippen LogP contribution in [0.3, 0.4) is 0 Å². The van der Waals surface area contributed by atoms with Gasteiger partial charge in [-0.3, -0.25) is 14.5 Å². The van der Waals surface area contributed by atoms with Crippen LogP contribution in [0.4, 0.5) is 5.13 Å². The Balaban J connectivity index is 1.74. The summed E-state index contributed by atoms with van der Waals surface area (Å²) in [6, 6.07) is 15.0. The molecule has 0 spiro atoms. The molecule has 7 heteroatoms. The molecule has 0 radical (unpaired) electrons. The average molecular weight is 395 g/mol. The molecule has 6 nitrogen and oxygen atoms in total. The van der Waals surface area contributed by atoms with Gasteiger partial charge in [-0.1, -0.05) is 35.6 Å². The fourth-order valence-corrected chi connectivity index (χ4v) is 4.24. The van der Waals surface area contributed by atoms with Crippen molar-refractivity contribution >= 4 is 38.5 Å². The summed E-state index contributed by atoms with van der Waals surface area (Å²) < 4.78 is 6.65. The van der Waals surface area contributed by atoms with Crippen LogP contribution in [0.15, 0.2) is 48.5 Å². The highest BCUT2D eigenvalue weighted by atomic mass is 32.1. The number of anilines is 1. The molecule has 2 amide bonds. The lowest BCUT2D eigenvalue weighted by atomic mass is 10.2. The second-order valence-electron chi connectivity index (χ2n) is 6.53. The first-order chi connectivity index (χ1) is 13.7. The lowest BCUT2D eigenvalue weighted by Crippen LogP contribution is -2.42. The fraction of sp³-hybridized carbons (Fsp3) is 0.286. The lowest BCUT2D eigenvalue weighted by molar-refractivity contribution is -0.127. The molecule has 1 aliphatic rings. The smallest absolute Gasteiger partial charge is 0.265 e. The summed E-state index contributed by atoms with van der Waals surface area (Å²) in [7, 11) is 0. The van der Waals surface area contributed by atoms with Crippen LogP contribution >= 0.6 is 11.3 Å². The van der Waals surface area contributed by atoms with Crippen molar-refractivity contribution in [2.75, 3.05) is 24.7 Å². The van der Waals surface area contributed by atoms with Crippen LogP contribution < -0.4 is 9.64 Å². The highest BCUT2D eigenvalue weighted by molar-refractivity contribution is 7.22. The molecule has 0 bridgehead atoms. The monoisotopic (exact) mass is 395 g/mol. The number of hydrogen-bond acceptors (Lipinski definition) is 5. The van der Waals surface area contributed by atoms with Crippen molar-refractivity contribution in [1.82, 2.24) is 9.88 Å². The Labute approximate surface area is 167 Å². The third-order valence-electron chi connectivity index (χ3n) is 4.66. The molecule has 0 aliphatic carbocycles. The van der Waals surface area contributed by atoms with Crippen molar-refractivity contribution in [2.24, 2.45) is 0 Å². The van der Waals surface area contributed by atoms with Crippen molar-refractivity contribution in [1.29, 1.82) is 0 Å². The molecule has 1 fully saturated rings. The largest absolute Gasteiger partial charge is 0.493 e. The minimum Gasteiger partial charge on any atom is -0.493 e. The Hall–Kier alpha value is -2.93. The lowest BCUT2D eigenvalue weighted by Gasteiger charge is -2.26. The maximum atomic E-state index is 13.5. The summed E-state index contributed by atoms with van der Waals surface area (Å²) in [4.78, 5) is 33.6. The van der Waals surface area contributed by atoms with Crippen molar-refractivity contribution in [3.05, 3.63) is 54.1 Å². The van der Waals surface area contributed by atoms with Crippen LogP contribution in [-0.2, 0) is 4.79 Å². The van der Waals surface area contributed by atoms with E-state index in [1.54, 1.807) is 21.9 Å². The van der Waals surface area contributed by atoms with E-state index >= 15 is 0 Å². The number of carbonyl (C=O) groups is 2. The van der Waals surface area contributed by atoms with E-state index in [1.165, 1.54) is 11.3 Å². The molecule has 0 saturated carbocycles. The molecule has 28 heavy (non-hydrogen) atoms. The average Bonchev–Trinajstić information content (AvgIpc) is 3.32. The zero-order chi connectivity index (χ0) is 19.5. The topological polar surface area (TPSA) is 62.7 Å². The predicted octanol–water partition coefficient (Wildman–Crippen LogP) is 3.92. The number of hydrogen-bond donors (Lipinski definition) is 0. The molecular weight excluding hydrogens is 374 g/mol. The number of likely N-dealkylation sites (tertiary alicyclic amines) is 1. The van der Waals surface area contributed by atoms with E-state index in [1.807, 2.05) is 43.3 Å². The van der Waals surface area contributed by atoms with Gasteiger partial charge >= 0.3 is 0 Å². The highest BCUT2D eigenvalue weighted by Gasteiger charge is 2.29. The normalized spacial score (nSPS) is 13.9. The Kier molecular flexibility index (Phi) is 5.25. The maximum absolute atomic E-state index is 13.5. The molecule has 0 unspecified atom stereocenters. The van der Waals surface area contributed by atoms with Gasteiger partial charge in [0.1, 0.15) is 12.4 Å². The number of ether oxygens (including phenoxy) is 1. The van der Waals surface area contributed by atoms with Crippen LogP contribution in [0.25, 0.3) is 10.2 Å². The number of thiazole rings is 1. The third-order valence-corrected chi connectivity index (χ3v) is 5.72. The number of amides is 2. The SMILES string of the molecule is CCOc1ccccc1C(=O)N(CN1CCCC1=O)c1nc2ccccc2s1. The summed E-state index contributed by atoms with van der Waals surface area (Å²) in [5.74, 6) is 0.383. The van der Waals surface area contributed by atoms with Gasteiger partial charge in [0.2, 0.25) is 5.91 Å². The first kappa shape index (κ1) is 18.4. The molecule has 2 heterocycles. The number of nitrogens with zero attached hydrogens (tertiary/aromatic N) is 3. The first-order valence-electron chi connectivity index (χ1n) is 9.34. The second-order valence-corrected chi connectivity index (χ2v) is 7.54. The van der Waals surface area contributed by atoms with Crippen molar-refractivity contribution in [3.63, 3.8) is 0 Å². The predicted molar refractivity (Wildman–Crippen MR) is 110 cm³/mol. The van der Waals surface area contributed by atoms with Gasteiger partial charge in [-0.05, 0) is 37.6 Å². The molecule has 0 atom stereocenters. The zero-order valence-corrected chi connectivity index (χ0v) is 16.4. The number of benzene rings is 2. The van der Waals surface area contributed by atoms with Gasteiger partial charge in [-0.25, -0.2) is 4.98 Å². The molecule has 0 N–H and O–H groups in total. The number of aromatic nitrogens is 1. The van der Waals surface area contributed by atoms with E-state index in [2.05, 4.69) is 4.98 Å². The Morgan fingerprint density at radius 1 is 1.21 bits per heavy atom. The molecular formula is C21H21N3O3S. The maximum Gasteiger partial charge on any atom is 0.265 e. The van der Waals surface area contributed by atoms with E-state index in [9.17, 15) is 9.59 Å². The van der Waals surface area contributed by atoms with E-state index < -0.39 is 0 Å². The number of carbonyl (C=O) groups excluding carboxylic acids is 2. The van der Waals surface area contributed by atoms with E-state index in [0.717, 1.165) is 16.6 Å². The fourth-order valence-electron chi connectivity index (χ4n) is 3.28. The minimum absolute atomic E-state index is 0.0667. The number of para-hydroxylation sites is 2. The second kappa shape index (κ2) is 7.98. The van der Waals surface area contributed by atoms with Crippen LogP contribution in [-0.4, -0.2) is 41.5 Å². The van der Waals surface area contributed by atoms with Crippen molar-refractivity contribution in [3.8, 4) is 5.75 Å². The van der Waals surface area contributed by atoms with E-state index in [0.29, 0.717) is 36.0 Å². The summed E-state index contributed by atoms with van der Waals surface area (Å²) >= 11 is 1.45. The minimum atomic E-state index is -0.220. The number of fused-ring (bicyclic) bond motifs is 1. The Morgan fingerprint density at radius 2 is 2.00 bits per heavy atom. The van der Waals surface area contributed by atoms with E-state index in [4.69, 9.17) is 4.74 Å². The van der Waals surface area contributed by atoms with Gasteiger partial charge in [0.05, 0.1) is 22.4 Å². The van der Waals surface area contributed by atoms with Gasteiger partial charge in [0.25, 0.3) is 5.91 Å². The first-order valence-corrected chi connectivity index (χ1v) is 10.2. The number of rotatable bonds is 6. The summed E-state index contributed by atoms with van der Waals surface area (Å²) in [6.45, 7) is 3.20. The van der Waals surface area contributed by atoms with Gasteiger partial charge in [-0.2, -0.15) is 0 Å². The van der Waals surface area contributed by atoms with Crippen LogP contribution in [0.5, 0.6) is 5.75 Å². The molecule has 2 aromatic carbocycles. The van der Waals surface area contributed by atoms with Crippen LogP contribution in [0.2, 0.25) is 0 Å². The zero-order valence-electron chi connectivity index (χ0n) is 15.6. The Morgan fingerprint density at radius 3 is 2.75 bits per heavy atom. The van der Waals surface area contributed by atoms with Gasteiger partial charge in [-0.15, -0.1) is 0 Å². The molecule has 4 rings (SSSR count). The Bertz CT molecular complexity index is 984.